The summed E-state index contributed by atoms with van der Waals surface area (Å²) < 4.78 is 0. The van der Waals surface area contributed by atoms with Crippen molar-refractivity contribution in [2.24, 2.45) is 46.3 Å². The van der Waals surface area contributed by atoms with Crippen LogP contribution in [-0.4, -0.2) is 6.71 Å². The average molecular weight is 326 g/mol. The number of fused-ring (bicyclic) bond motifs is 4. The number of allylic oxidation sites excluding steroid dienone is 1. The molecule has 6 fully saturated rings. The molecule has 8 atom stereocenters. The highest BCUT2D eigenvalue weighted by Gasteiger charge is 2.61. The van der Waals surface area contributed by atoms with Crippen molar-refractivity contribution < 1.29 is 0 Å². The van der Waals surface area contributed by atoms with Crippen molar-refractivity contribution >= 4 is 6.71 Å². The zero-order valence-electron chi connectivity index (χ0n) is 17.0. The molecule has 24 heavy (non-hydrogen) atoms. The van der Waals surface area contributed by atoms with Gasteiger partial charge in [-0.15, -0.1) is 6.58 Å². The molecule has 6 aliphatic carbocycles. The zero-order chi connectivity index (χ0) is 17.4. The van der Waals surface area contributed by atoms with Gasteiger partial charge in [0, 0.05) is 0 Å². The molecule has 0 saturated heterocycles. The maximum Gasteiger partial charge on any atom is 0.150 e. The average Bonchev–Trinajstić information content (AvgIpc) is 2.52. The van der Waals surface area contributed by atoms with Crippen LogP contribution in [0.15, 0.2) is 12.7 Å². The lowest BCUT2D eigenvalue weighted by Gasteiger charge is -2.66. The Bertz CT molecular complexity index is 476. The van der Waals surface area contributed by atoms with Crippen molar-refractivity contribution in [3.63, 3.8) is 0 Å². The summed E-state index contributed by atoms with van der Waals surface area (Å²) in [5, 5.41) is 0. The first-order chi connectivity index (χ1) is 11.2. The van der Waals surface area contributed by atoms with E-state index < -0.39 is 0 Å². The van der Waals surface area contributed by atoms with E-state index in [1.54, 1.807) is 0 Å². The Balaban J connectivity index is 1.55. The summed E-state index contributed by atoms with van der Waals surface area (Å²) in [5.74, 6) is 7.75. The van der Waals surface area contributed by atoms with E-state index in [0.717, 1.165) is 53.9 Å². The maximum absolute atomic E-state index is 4.16. The van der Waals surface area contributed by atoms with Crippen molar-refractivity contribution in [1.82, 2.24) is 0 Å². The molecule has 4 bridgehead atoms. The van der Waals surface area contributed by atoms with Gasteiger partial charge in [0.2, 0.25) is 0 Å². The second-order valence-electron chi connectivity index (χ2n) is 11.4. The lowest BCUT2D eigenvalue weighted by molar-refractivity contribution is -0.107. The van der Waals surface area contributed by atoms with Crippen LogP contribution in [0, 0.1) is 46.3 Å². The van der Waals surface area contributed by atoms with Crippen LogP contribution in [0.1, 0.15) is 67.2 Å². The normalized spacial score (nSPS) is 50.4. The summed E-state index contributed by atoms with van der Waals surface area (Å²) in [6.45, 7) is 20.4. The zero-order valence-corrected chi connectivity index (χ0v) is 17.0. The molecule has 6 rings (SSSR count). The smallest absolute Gasteiger partial charge is 0.104 e. The third-order valence-corrected chi connectivity index (χ3v) is 10.4. The van der Waals surface area contributed by atoms with Gasteiger partial charge in [-0.3, -0.25) is 0 Å². The standard InChI is InChI=1S/C23H39B/c1-8-9-24(20-12-16-10-18(14(20)2)22(16,4)5)21-13-17-11-19(15(21)3)23(17,6)7/h8,14-21H,1,9-13H2,2-7H3/t14-,15-,16+,17+,18+,19+,20-,21-/m1/s1. The van der Waals surface area contributed by atoms with E-state index in [9.17, 15) is 0 Å². The third-order valence-electron chi connectivity index (χ3n) is 10.4. The van der Waals surface area contributed by atoms with E-state index in [2.05, 4.69) is 54.2 Å². The SMILES string of the molecule is C=CCB([C@@H]1C[C@@H]2C[C@@H]([C@H]1C)C2(C)C)[C@@H]1C[C@@H]2C[C@@H]([C@H]1C)C2(C)C. The molecular formula is C23H39B. The minimum Gasteiger partial charge on any atom is -0.104 e. The molecule has 0 N–H and O–H groups in total. The van der Waals surface area contributed by atoms with Crippen molar-refractivity contribution in [1.29, 1.82) is 0 Å². The van der Waals surface area contributed by atoms with E-state index >= 15 is 0 Å². The van der Waals surface area contributed by atoms with Crippen molar-refractivity contribution in [3.8, 4) is 0 Å². The van der Waals surface area contributed by atoms with Crippen LogP contribution in [0.2, 0.25) is 18.0 Å². The van der Waals surface area contributed by atoms with Crippen molar-refractivity contribution in [2.75, 3.05) is 0 Å². The molecule has 6 saturated carbocycles. The minimum atomic E-state index is 0.622. The van der Waals surface area contributed by atoms with Gasteiger partial charge in [0.25, 0.3) is 0 Å². The molecule has 0 aromatic rings. The Kier molecular flexibility index (Phi) is 3.88. The molecule has 0 radical (unpaired) electrons. The molecule has 134 valence electrons. The Morgan fingerprint density at radius 2 is 1.25 bits per heavy atom. The van der Waals surface area contributed by atoms with Gasteiger partial charge in [-0.05, 0) is 59.2 Å². The topological polar surface area (TPSA) is 0 Å². The highest BCUT2D eigenvalue weighted by atomic mass is 14.6. The van der Waals surface area contributed by atoms with E-state index in [0.29, 0.717) is 10.8 Å². The molecule has 0 amide bonds. The maximum atomic E-state index is 4.16. The molecule has 0 aliphatic heterocycles. The summed E-state index contributed by atoms with van der Waals surface area (Å²) in [4.78, 5) is 0. The molecule has 0 unspecified atom stereocenters. The van der Waals surface area contributed by atoms with E-state index in [1.165, 1.54) is 32.0 Å². The molecule has 0 spiro atoms. The first kappa shape index (κ1) is 17.2. The summed E-state index contributed by atoms with van der Waals surface area (Å²) in [5.41, 5.74) is 1.24. The fourth-order valence-electron chi connectivity index (χ4n) is 8.37. The molecule has 0 aromatic heterocycles. The third kappa shape index (κ3) is 2.11. The van der Waals surface area contributed by atoms with Crippen LogP contribution < -0.4 is 0 Å². The quantitative estimate of drug-likeness (QED) is 0.393. The molecule has 0 aromatic carbocycles. The van der Waals surface area contributed by atoms with Crippen LogP contribution in [0.4, 0.5) is 0 Å². The fourth-order valence-corrected chi connectivity index (χ4v) is 8.37. The highest BCUT2D eigenvalue weighted by molar-refractivity contribution is 6.62. The van der Waals surface area contributed by atoms with Gasteiger partial charge in [0.05, 0.1) is 0 Å². The summed E-state index contributed by atoms with van der Waals surface area (Å²) >= 11 is 0. The summed E-state index contributed by atoms with van der Waals surface area (Å²) in [6.07, 6.45) is 9.56. The molecule has 6 aliphatic rings. The molecule has 0 heterocycles. The fraction of sp³-hybridized carbons (Fsp3) is 0.913. The van der Waals surface area contributed by atoms with E-state index in [1.807, 2.05) is 0 Å². The van der Waals surface area contributed by atoms with Gasteiger partial charge >= 0.3 is 0 Å². The lowest BCUT2D eigenvalue weighted by Crippen LogP contribution is -2.59. The van der Waals surface area contributed by atoms with Crippen LogP contribution in [-0.2, 0) is 0 Å². The van der Waals surface area contributed by atoms with E-state index in [4.69, 9.17) is 0 Å². The Labute approximate surface area is 151 Å². The second-order valence-corrected chi connectivity index (χ2v) is 11.4. The van der Waals surface area contributed by atoms with Crippen LogP contribution in [0.3, 0.4) is 0 Å². The Morgan fingerprint density at radius 1 is 0.833 bits per heavy atom. The Hall–Kier alpha value is -0.195. The first-order valence-electron chi connectivity index (χ1n) is 10.8. The lowest BCUT2D eigenvalue weighted by atomic mass is 9.20. The minimum absolute atomic E-state index is 0.622. The van der Waals surface area contributed by atoms with Crippen LogP contribution >= 0.6 is 0 Å². The second kappa shape index (κ2) is 5.40. The summed E-state index contributed by atoms with van der Waals surface area (Å²) in [6, 6.07) is 0. The highest BCUT2D eigenvalue weighted by Crippen LogP contribution is 2.69. The van der Waals surface area contributed by atoms with Crippen molar-refractivity contribution in [3.05, 3.63) is 12.7 Å². The summed E-state index contributed by atoms with van der Waals surface area (Å²) in [7, 11) is 0. The predicted molar refractivity (Wildman–Crippen MR) is 107 cm³/mol. The van der Waals surface area contributed by atoms with Crippen molar-refractivity contribution in [2.45, 2.75) is 85.2 Å². The van der Waals surface area contributed by atoms with Gasteiger partial charge in [-0.1, -0.05) is 78.4 Å². The molecular weight excluding hydrogens is 287 g/mol. The molecule has 1 heteroatoms. The largest absolute Gasteiger partial charge is 0.150 e. The van der Waals surface area contributed by atoms with Gasteiger partial charge in [0.1, 0.15) is 0 Å². The molecule has 0 nitrogen and oxygen atoms in total. The van der Waals surface area contributed by atoms with Gasteiger partial charge in [0.15, 0.2) is 6.71 Å². The monoisotopic (exact) mass is 326 g/mol. The Morgan fingerprint density at radius 3 is 1.54 bits per heavy atom. The van der Waals surface area contributed by atoms with Crippen LogP contribution in [0.25, 0.3) is 0 Å². The van der Waals surface area contributed by atoms with Gasteiger partial charge in [-0.25, -0.2) is 0 Å². The number of hydrogen-bond donors (Lipinski definition) is 0. The van der Waals surface area contributed by atoms with Gasteiger partial charge in [-0.2, -0.15) is 0 Å². The predicted octanol–water partition coefficient (Wildman–Crippen LogP) is 6.81. The first-order valence-corrected chi connectivity index (χ1v) is 10.8. The van der Waals surface area contributed by atoms with E-state index in [-0.39, 0.29) is 0 Å². The number of hydrogen-bond acceptors (Lipinski definition) is 0. The van der Waals surface area contributed by atoms with Crippen LogP contribution in [0.5, 0.6) is 0 Å². The number of rotatable bonds is 4. The van der Waals surface area contributed by atoms with Gasteiger partial charge < -0.3 is 0 Å².